The molecule has 12 aromatic heterocycles. The number of fused-ring (bicyclic) bond motifs is 22. The largest absolute Gasteiger partial charge is 0.425 e. The number of benzene rings is 14. The average Bonchev–Trinajstić information content (AvgIpc) is 1.56. The zero-order chi connectivity index (χ0) is 89.4. The van der Waals surface area contributed by atoms with Crippen LogP contribution in [0.4, 0.5) is 0 Å². The highest BCUT2D eigenvalue weighted by atomic mass is 32.1. The highest BCUT2D eigenvalue weighted by Crippen LogP contribution is 2.51. The van der Waals surface area contributed by atoms with Gasteiger partial charge in [0.1, 0.15) is 69.8 Å². The summed E-state index contributed by atoms with van der Waals surface area (Å²) >= 11 is 7.70. The van der Waals surface area contributed by atoms with E-state index in [9.17, 15) is 0 Å². The fourth-order valence-electron chi connectivity index (χ4n) is 20.6. The molecule has 0 bridgehead atoms. The van der Waals surface area contributed by atoms with Crippen molar-refractivity contribution in [3.63, 3.8) is 0 Å². The number of hydrogen-bond acceptors (Lipinski definition) is 8. The molecule has 26 rings (SSSR count). The van der Waals surface area contributed by atoms with E-state index in [1.54, 1.807) is 0 Å². The summed E-state index contributed by atoms with van der Waals surface area (Å²) in [7, 11) is 8.58. The van der Waals surface area contributed by atoms with E-state index in [2.05, 4.69) is 402 Å². The van der Waals surface area contributed by atoms with Gasteiger partial charge in [-0.25, -0.2) is 18.3 Å². The van der Waals surface area contributed by atoms with Crippen LogP contribution in [-0.4, -0.2) is 18.3 Å². The maximum atomic E-state index is 6.48. The normalized spacial score (nSPS) is 11.9. The summed E-state index contributed by atoms with van der Waals surface area (Å²) in [4.78, 5) is 0. The first-order valence-electron chi connectivity index (χ1n) is 44.5. The molecule has 26 aromatic rings. The second-order valence-electron chi connectivity index (χ2n) is 35.2. The molecule has 0 amide bonds. The van der Waals surface area contributed by atoms with Crippen molar-refractivity contribution in [2.24, 2.45) is 28.2 Å². The predicted molar refractivity (Wildman–Crippen MR) is 547 cm³/mol. The number of thiophene rings is 4. The molecular formula is C115H94N8O4S4+4. The maximum absolute atomic E-state index is 6.48. The smallest absolute Gasteiger partial charge is 0.299 e. The Balaban J connectivity index is 0.0000000994. The van der Waals surface area contributed by atoms with Crippen molar-refractivity contribution in [1.82, 2.24) is 18.3 Å². The van der Waals surface area contributed by atoms with Gasteiger partial charge in [0.25, 0.3) is 34.9 Å². The number of rotatable bonds is 8. The molecule has 12 nitrogen and oxygen atoms in total. The van der Waals surface area contributed by atoms with E-state index in [0.717, 1.165) is 99.7 Å². The monoisotopic (exact) mass is 1780 g/mol. The number of furan rings is 4. The number of para-hydroxylation sites is 10. The average molecular weight is 1780 g/mol. The molecule has 16 heteroatoms. The first-order chi connectivity index (χ1) is 63.7. The van der Waals surface area contributed by atoms with Crippen LogP contribution in [0.15, 0.2) is 315 Å². The molecule has 0 spiro atoms. The molecule has 12 heterocycles. The summed E-state index contributed by atoms with van der Waals surface area (Å²) in [6.07, 6.45) is 8.72. The number of imidazole rings is 4. The zero-order valence-corrected chi connectivity index (χ0v) is 78.9. The Morgan fingerprint density at radius 3 is 1.30 bits per heavy atom. The van der Waals surface area contributed by atoms with Gasteiger partial charge in [-0.1, -0.05) is 194 Å². The summed E-state index contributed by atoms with van der Waals surface area (Å²) in [5, 5.41) is 11.9. The first kappa shape index (κ1) is 81.0. The van der Waals surface area contributed by atoms with Gasteiger partial charge >= 0.3 is 0 Å². The van der Waals surface area contributed by atoms with Gasteiger partial charge in [0.05, 0.1) is 79.2 Å². The number of nitrogens with zero attached hydrogens (tertiary/aromatic N) is 8. The molecule has 0 aliphatic carbocycles. The summed E-state index contributed by atoms with van der Waals surface area (Å²) in [5.74, 6) is 5.82. The van der Waals surface area contributed by atoms with Crippen LogP contribution in [0.1, 0.15) is 61.2 Å². The molecule has 0 aliphatic rings. The van der Waals surface area contributed by atoms with E-state index in [0.29, 0.717) is 11.6 Å². The van der Waals surface area contributed by atoms with Crippen LogP contribution in [0.2, 0.25) is 0 Å². The number of aryl methyl sites for hydroxylation is 15. The Hall–Kier alpha value is -14.5. The highest BCUT2D eigenvalue weighted by molar-refractivity contribution is 7.37. The molecule has 131 heavy (non-hydrogen) atoms. The van der Waals surface area contributed by atoms with Crippen LogP contribution < -0.4 is 18.3 Å². The van der Waals surface area contributed by atoms with Crippen molar-refractivity contribution in [2.75, 3.05) is 0 Å². The van der Waals surface area contributed by atoms with Crippen LogP contribution in [0, 0.1) is 76.2 Å². The quantitative estimate of drug-likeness (QED) is 0.142. The highest BCUT2D eigenvalue weighted by Gasteiger charge is 2.36. The van der Waals surface area contributed by atoms with Crippen molar-refractivity contribution < 1.29 is 35.9 Å². The fourth-order valence-corrected chi connectivity index (χ4v) is 26.1. The van der Waals surface area contributed by atoms with Crippen LogP contribution in [-0.2, 0) is 28.2 Å². The van der Waals surface area contributed by atoms with E-state index in [1.165, 1.54) is 166 Å². The van der Waals surface area contributed by atoms with Crippen molar-refractivity contribution in [3.8, 4) is 68.3 Å². The standard InChI is InChI=1S/C31H25N2O2.C30H23N2O2.2C27H23N2S2/c1-18-10-9-11-19(2)29(18)33-25-14-7-6-13-24(25)32(4)30(33)22-17-27-23(16-20(22)3)28-21-12-5-8-15-26(21)34-31(28)35-27;1-18-10-4-6-12-22(18)32-24-14-8-7-13-23(24)31(3)29(32)26-19(2)16-17-21-27-20-11-5-9-15-25(20)33-30(27)34-28(21)26;1-16-8-7-9-17(2)24(16)29-13-12-28(4)27(29)20-15-23-21(14-18(20)3)26-25(31-23)19-10-5-6-11-22(19)30-26;1-16-12-13-20-24(31-25-19-10-5-6-11-21(19)30-26(20)25)22(16)27-28(4)14-15-29(27)23-17(2)8-7-9-18(23)3/h5-17H,1-4H3;4-17H,1-3H3;2*5-15H,1-4H3/q4*+1. The van der Waals surface area contributed by atoms with Crippen molar-refractivity contribution >= 4 is 193 Å². The second-order valence-corrected chi connectivity index (χ2v) is 39.3. The van der Waals surface area contributed by atoms with Crippen LogP contribution in [0.3, 0.4) is 0 Å². The van der Waals surface area contributed by atoms with E-state index in [4.69, 9.17) is 17.7 Å². The minimum atomic E-state index is 0.573. The molecule has 0 saturated carbocycles. The lowest BCUT2D eigenvalue weighted by Crippen LogP contribution is -2.30. The molecule has 0 radical (unpaired) electrons. The summed E-state index contributed by atoms with van der Waals surface area (Å²) < 4.78 is 54.6. The van der Waals surface area contributed by atoms with Gasteiger partial charge in [-0.15, -0.1) is 45.3 Å². The van der Waals surface area contributed by atoms with Gasteiger partial charge in [-0.2, -0.15) is 18.3 Å². The van der Waals surface area contributed by atoms with Crippen LogP contribution >= 0.6 is 45.3 Å². The molecule has 0 fully saturated rings. The minimum absolute atomic E-state index is 0.573. The van der Waals surface area contributed by atoms with Gasteiger partial charge in [-0.05, 0) is 216 Å². The maximum Gasteiger partial charge on any atom is 0.299 e. The van der Waals surface area contributed by atoms with Crippen LogP contribution in [0.5, 0.6) is 0 Å². The lowest BCUT2D eigenvalue weighted by molar-refractivity contribution is -0.659. The molecule has 0 saturated heterocycles. The molecule has 0 atom stereocenters. The van der Waals surface area contributed by atoms with Crippen molar-refractivity contribution in [3.05, 3.63) is 359 Å². The third-order valence-corrected chi connectivity index (χ3v) is 31.9. The van der Waals surface area contributed by atoms with Gasteiger partial charge in [-0.3, -0.25) is 0 Å². The van der Waals surface area contributed by atoms with Gasteiger partial charge < -0.3 is 17.7 Å². The molecule has 14 aromatic carbocycles. The lowest BCUT2D eigenvalue weighted by Gasteiger charge is -2.11. The Bertz CT molecular complexity index is 9160. The van der Waals surface area contributed by atoms with E-state index in [-0.39, 0.29) is 0 Å². The third-order valence-electron chi connectivity index (χ3n) is 26.8. The van der Waals surface area contributed by atoms with Crippen molar-refractivity contribution in [1.29, 1.82) is 0 Å². The number of aromatic nitrogens is 8. The summed E-state index contributed by atoms with van der Waals surface area (Å²) in [5.41, 5.74) is 31.7. The van der Waals surface area contributed by atoms with Crippen LogP contribution in [0.25, 0.3) is 216 Å². The molecule has 0 unspecified atom stereocenters. The Labute approximate surface area is 772 Å². The number of hydrogen-bond donors (Lipinski definition) is 0. The first-order valence-corrected chi connectivity index (χ1v) is 47.8. The molecule has 0 aliphatic heterocycles. The van der Waals surface area contributed by atoms with Gasteiger partial charge in [0.15, 0.2) is 27.6 Å². The Kier molecular flexibility index (Phi) is 19.4. The Morgan fingerprint density at radius 1 is 0.267 bits per heavy atom. The predicted octanol–water partition coefficient (Wildman–Crippen LogP) is 30.0. The molecule has 638 valence electrons. The molecule has 0 N–H and O–H groups in total. The third kappa shape index (κ3) is 12.8. The topological polar surface area (TPSA) is 87.8 Å². The summed E-state index contributed by atoms with van der Waals surface area (Å²) in [6.45, 7) is 24.1. The summed E-state index contributed by atoms with van der Waals surface area (Å²) in [6, 6.07) is 97.2. The van der Waals surface area contributed by atoms with Gasteiger partial charge in [0.2, 0.25) is 0 Å². The zero-order valence-electron chi connectivity index (χ0n) is 75.6. The fraction of sp³-hybridized carbons (Fsp3) is 0.130. The SMILES string of the molecule is Cc1cc2c(cc1-c1n(-c3c(C)cccc3C)c3ccccc3[n+]1C)oc1oc3ccccc3c12.Cc1cc2c(cc1-c1n(-c3c(C)cccc3C)cc[n+]1C)sc1c3ccccc3sc21.Cc1cccc(C)c1-n1cc[n+](C)c1-c1c(C)ccc2c1sc1c3ccccc3sc21.Cc1ccccc1-n1c(-c2c(C)ccc3c2oc2oc4ccccc4c23)[n+](C)c2ccccc21. The van der Waals surface area contributed by atoms with E-state index >= 15 is 0 Å². The van der Waals surface area contributed by atoms with Gasteiger partial charge in [0, 0.05) is 57.2 Å². The minimum Gasteiger partial charge on any atom is -0.425 e. The Morgan fingerprint density at radius 2 is 0.695 bits per heavy atom. The second kappa shape index (κ2) is 31.4. The van der Waals surface area contributed by atoms with E-state index < -0.39 is 0 Å². The molecular weight excluding hydrogens is 1690 g/mol. The van der Waals surface area contributed by atoms with E-state index in [1.807, 2.05) is 81.7 Å². The lowest BCUT2D eigenvalue weighted by atomic mass is 10.0. The van der Waals surface area contributed by atoms with Crippen molar-refractivity contribution in [2.45, 2.75) is 76.2 Å².